The molecule has 1 saturated carbocycles. The van der Waals surface area contributed by atoms with Crippen LogP contribution in [0.5, 0.6) is 5.75 Å². The number of hydrogen-bond acceptors (Lipinski definition) is 3. The third-order valence-corrected chi connectivity index (χ3v) is 5.82. The van der Waals surface area contributed by atoms with Crippen molar-refractivity contribution in [3.63, 3.8) is 0 Å². The number of aliphatic imine (C=N–C) groups is 1. The largest absolute Gasteiger partial charge is 0.489 e. The van der Waals surface area contributed by atoms with Gasteiger partial charge in [-0.3, -0.25) is 4.99 Å². The van der Waals surface area contributed by atoms with E-state index in [1.807, 2.05) is 37.4 Å². The monoisotopic (exact) mass is 372 g/mol. The summed E-state index contributed by atoms with van der Waals surface area (Å²) in [5.41, 5.74) is 0. The molecule has 1 atom stereocenters. The fourth-order valence-corrected chi connectivity index (χ4v) is 4.26. The summed E-state index contributed by atoms with van der Waals surface area (Å²) >= 11 is 0. The summed E-state index contributed by atoms with van der Waals surface area (Å²) in [5.74, 6) is 1.79. The van der Waals surface area contributed by atoms with E-state index in [0.717, 1.165) is 24.3 Å². The Labute approximate surface area is 164 Å². The zero-order valence-electron chi connectivity index (χ0n) is 17.0. The molecule has 27 heavy (non-hydrogen) atoms. The predicted octanol–water partition coefficient (Wildman–Crippen LogP) is 3.42. The number of ether oxygens (including phenoxy) is 1. The molecule has 5 heteroatoms. The van der Waals surface area contributed by atoms with Gasteiger partial charge in [0.1, 0.15) is 11.9 Å². The number of para-hydroxylation sites is 1. The number of rotatable bonds is 6. The first kappa shape index (κ1) is 20.0. The summed E-state index contributed by atoms with van der Waals surface area (Å²) in [4.78, 5) is 7.12. The average Bonchev–Trinajstić information content (AvgIpc) is 2.73. The van der Waals surface area contributed by atoms with E-state index in [0.29, 0.717) is 6.04 Å². The normalized spacial score (nSPS) is 21.6. The quantitative estimate of drug-likeness (QED) is 0.593. The standard InChI is InChI=1S/C22H36N4O/c1-18(27-21-11-7-4-8-12-21)17-24-22(23-2)25-19-13-15-26(16-14-19)20-9-5-3-6-10-20/h4,7-8,11-12,18-20H,3,5-6,9-10,13-17H2,1-2H3,(H2,23,24,25). The molecule has 2 aliphatic rings. The Balaban J connectivity index is 1.36. The van der Waals surface area contributed by atoms with Gasteiger partial charge in [-0.1, -0.05) is 37.5 Å². The number of nitrogens with zero attached hydrogens (tertiary/aromatic N) is 2. The minimum absolute atomic E-state index is 0.0825. The highest BCUT2D eigenvalue weighted by Gasteiger charge is 2.26. The van der Waals surface area contributed by atoms with Crippen molar-refractivity contribution in [3.05, 3.63) is 30.3 Å². The van der Waals surface area contributed by atoms with Crippen molar-refractivity contribution in [2.45, 2.75) is 70.1 Å². The third-order valence-electron chi connectivity index (χ3n) is 5.82. The highest BCUT2D eigenvalue weighted by atomic mass is 16.5. The molecule has 0 aromatic heterocycles. The number of likely N-dealkylation sites (tertiary alicyclic amines) is 1. The van der Waals surface area contributed by atoms with Gasteiger partial charge in [-0.15, -0.1) is 0 Å². The zero-order chi connectivity index (χ0) is 18.9. The molecule has 5 nitrogen and oxygen atoms in total. The average molecular weight is 373 g/mol. The summed E-state index contributed by atoms with van der Waals surface area (Å²) in [7, 11) is 1.84. The Bertz CT molecular complexity index is 563. The lowest BCUT2D eigenvalue weighted by Crippen LogP contribution is -2.51. The van der Waals surface area contributed by atoms with E-state index in [-0.39, 0.29) is 6.10 Å². The van der Waals surface area contributed by atoms with Crippen LogP contribution in [-0.2, 0) is 0 Å². The van der Waals surface area contributed by atoms with Crippen LogP contribution in [0, 0.1) is 0 Å². The van der Waals surface area contributed by atoms with Gasteiger partial charge in [0.25, 0.3) is 0 Å². The molecule has 2 fully saturated rings. The van der Waals surface area contributed by atoms with Gasteiger partial charge in [0, 0.05) is 32.2 Å². The first-order valence-electron chi connectivity index (χ1n) is 10.7. The second kappa shape index (κ2) is 10.5. The summed E-state index contributed by atoms with van der Waals surface area (Å²) in [6.45, 7) is 5.24. The molecule has 0 spiro atoms. The van der Waals surface area contributed by atoms with Crippen molar-refractivity contribution in [2.24, 2.45) is 4.99 Å². The van der Waals surface area contributed by atoms with Crippen molar-refractivity contribution in [1.29, 1.82) is 0 Å². The van der Waals surface area contributed by atoms with Crippen LogP contribution in [0.4, 0.5) is 0 Å². The Morgan fingerprint density at radius 2 is 1.81 bits per heavy atom. The summed E-state index contributed by atoms with van der Waals surface area (Å²) in [6.07, 6.45) is 9.56. The van der Waals surface area contributed by atoms with E-state index in [1.165, 1.54) is 58.0 Å². The lowest BCUT2D eigenvalue weighted by Gasteiger charge is -2.39. The van der Waals surface area contributed by atoms with Crippen molar-refractivity contribution in [2.75, 3.05) is 26.7 Å². The van der Waals surface area contributed by atoms with Gasteiger partial charge in [0.15, 0.2) is 5.96 Å². The maximum Gasteiger partial charge on any atom is 0.191 e. The third kappa shape index (κ3) is 6.42. The van der Waals surface area contributed by atoms with E-state index in [4.69, 9.17) is 4.74 Å². The number of piperidine rings is 1. The lowest BCUT2D eigenvalue weighted by atomic mass is 9.92. The molecule has 1 aliphatic carbocycles. The minimum atomic E-state index is 0.0825. The van der Waals surface area contributed by atoms with Crippen LogP contribution in [0.2, 0.25) is 0 Å². The Hall–Kier alpha value is -1.75. The van der Waals surface area contributed by atoms with Crippen LogP contribution < -0.4 is 15.4 Å². The van der Waals surface area contributed by atoms with Crippen LogP contribution in [0.25, 0.3) is 0 Å². The van der Waals surface area contributed by atoms with Gasteiger partial charge in [0.05, 0.1) is 6.54 Å². The highest BCUT2D eigenvalue weighted by Crippen LogP contribution is 2.25. The van der Waals surface area contributed by atoms with Gasteiger partial charge < -0.3 is 20.3 Å². The molecule has 1 saturated heterocycles. The smallest absolute Gasteiger partial charge is 0.191 e. The fraction of sp³-hybridized carbons (Fsp3) is 0.682. The van der Waals surface area contributed by atoms with Crippen LogP contribution in [0.15, 0.2) is 35.3 Å². The Morgan fingerprint density at radius 1 is 1.11 bits per heavy atom. The fourth-order valence-electron chi connectivity index (χ4n) is 4.26. The molecule has 2 N–H and O–H groups in total. The van der Waals surface area contributed by atoms with Gasteiger partial charge in [-0.05, 0) is 44.7 Å². The molecule has 150 valence electrons. The second-order valence-electron chi connectivity index (χ2n) is 7.94. The number of hydrogen-bond donors (Lipinski definition) is 2. The van der Waals surface area contributed by atoms with Crippen molar-refractivity contribution in [1.82, 2.24) is 15.5 Å². The van der Waals surface area contributed by atoms with Crippen LogP contribution in [0.3, 0.4) is 0 Å². The molecule has 1 aromatic rings. The van der Waals surface area contributed by atoms with Gasteiger partial charge in [0.2, 0.25) is 0 Å². The molecule has 1 unspecified atom stereocenters. The lowest BCUT2D eigenvalue weighted by molar-refractivity contribution is 0.119. The highest BCUT2D eigenvalue weighted by molar-refractivity contribution is 5.80. The maximum atomic E-state index is 5.93. The van der Waals surface area contributed by atoms with E-state index in [1.54, 1.807) is 0 Å². The molecule has 0 radical (unpaired) electrons. The number of benzene rings is 1. The molecule has 3 rings (SSSR count). The summed E-state index contributed by atoms with van der Waals surface area (Å²) in [6, 6.07) is 11.3. The maximum absolute atomic E-state index is 5.93. The molecule has 0 amide bonds. The van der Waals surface area contributed by atoms with Gasteiger partial charge in [-0.25, -0.2) is 0 Å². The summed E-state index contributed by atoms with van der Waals surface area (Å²) < 4.78 is 5.93. The SMILES string of the molecule is CN=C(NCC(C)Oc1ccccc1)NC1CCN(C2CCCCC2)CC1. The van der Waals surface area contributed by atoms with Crippen molar-refractivity contribution < 1.29 is 4.74 Å². The Kier molecular flexibility index (Phi) is 7.81. The van der Waals surface area contributed by atoms with E-state index in [9.17, 15) is 0 Å². The molecule has 1 aliphatic heterocycles. The van der Waals surface area contributed by atoms with Crippen molar-refractivity contribution in [3.8, 4) is 5.75 Å². The Morgan fingerprint density at radius 3 is 2.48 bits per heavy atom. The van der Waals surface area contributed by atoms with Gasteiger partial charge >= 0.3 is 0 Å². The van der Waals surface area contributed by atoms with Crippen LogP contribution >= 0.6 is 0 Å². The molecule has 1 aromatic carbocycles. The zero-order valence-corrected chi connectivity index (χ0v) is 17.0. The van der Waals surface area contributed by atoms with Crippen molar-refractivity contribution >= 4 is 5.96 Å². The molecule has 0 bridgehead atoms. The second-order valence-corrected chi connectivity index (χ2v) is 7.94. The number of guanidine groups is 1. The van der Waals surface area contributed by atoms with Crippen LogP contribution in [-0.4, -0.2) is 55.7 Å². The minimum Gasteiger partial charge on any atom is -0.489 e. The number of nitrogens with one attached hydrogen (secondary N) is 2. The van der Waals surface area contributed by atoms with Crippen LogP contribution in [0.1, 0.15) is 51.9 Å². The molecular formula is C22H36N4O. The van der Waals surface area contributed by atoms with E-state index in [2.05, 4.69) is 27.4 Å². The molecule has 1 heterocycles. The summed E-state index contributed by atoms with van der Waals surface area (Å²) in [5, 5.41) is 7.02. The first-order valence-corrected chi connectivity index (χ1v) is 10.7. The first-order chi connectivity index (χ1) is 13.2. The molecular weight excluding hydrogens is 336 g/mol. The van der Waals surface area contributed by atoms with Gasteiger partial charge in [-0.2, -0.15) is 0 Å². The predicted molar refractivity (Wildman–Crippen MR) is 112 cm³/mol. The topological polar surface area (TPSA) is 48.9 Å². The van der Waals surface area contributed by atoms with E-state index >= 15 is 0 Å². The van der Waals surface area contributed by atoms with E-state index < -0.39 is 0 Å².